The van der Waals surface area contributed by atoms with Crippen molar-refractivity contribution in [1.82, 2.24) is 0 Å². The fraction of sp³-hybridized carbons (Fsp3) is 0. The van der Waals surface area contributed by atoms with Crippen LogP contribution in [0.3, 0.4) is 0 Å². The van der Waals surface area contributed by atoms with Gasteiger partial charge in [0.1, 0.15) is 0 Å². The van der Waals surface area contributed by atoms with Crippen molar-refractivity contribution in [2.24, 2.45) is 0 Å². The third kappa shape index (κ3) is 7.60. The molecule has 0 bridgehead atoms. The predicted octanol–water partition coefficient (Wildman–Crippen LogP) is 9.69. The summed E-state index contributed by atoms with van der Waals surface area (Å²) in [5.41, 5.74) is 0. The fourth-order valence-electron chi connectivity index (χ4n) is 6.94. The van der Waals surface area contributed by atoms with E-state index in [1.807, 2.05) is 24.3 Å². The van der Waals surface area contributed by atoms with Gasteiger partial charge >= 0.3 is 17.1 Å². The first-order valence-corrected chi connectivity index (χ1v) is 21.0. The molecule has 0 fully saturated rings. The van der Waals surface area contributed by atoms with Crippen LogP contribution in [0.5, 0.6) is 0 Å². The van der Waals surface area contributed by atoms with Crippen LogP contribution in [0.1, 0.15) is 0 Å². The summed E-state index contributed by atoms with van der Waals surface area (Å²) in [7, 11) is 0. The molecule has 0 heterocycles. The molecule has 0 aromatic heterocycles. The second-order valence-electron chi connectivity index (χ2n) is 11.9. The molecule has 6 aromatic carbocycles. The zero-order valence-corrected chi connectivity index (χ0v) is 33.5. The molecule has 0 nitrogen and oxygen atoms in total. The molecular formula is C46H36Cl2FeNiP2+2. The Labute approximate surface area is 339 Å². The number of benzene rings is 6. The molecule has 0 saturated heterocycles. The van der Waals surface area contributed by atoms with E-state index >= 15 is 0 Å². The Bertz CT molecular complexity index is 2100. The van der Waals surface area contributed by atoms with Gasteiger partial charge in [0, 0.05) is 21.8 Å². The van der Waals surface area contributed by atoms with E-state index in [-0.39, 0.29) is 33.6 Å². The van der Waals surface area contributed by atoms with Gasteiger partial charge in [0.15, 0.2) is 0 Å². The van der Waals surface area contributed by atoms with Crippen molar-refractivity contribution in [2.75, 3.05) is 0 Å². The van der Waals surface area contributed by atoms with Crippen LogP contribution in [0.15, 0.2) is 229 Å². The van der Waals surface area contributed by atoms with Gasteiger partial charge < -0.3 is 0 Å². The molecule has 0 radical (unpaired) electrons. The Morgan fingerprint density at radius 2 is 0.596 bits per heavy atom. The van der Waals surface area contributed by atoms with Crippen LogP contribution in [0.4, 0.5) is 0 Å². The predicted molar refractivity (Wildman–Crippen MR) is 226 cm³/mol. The average molecular weight is 836 g/mol. The van der Waals surface area contributed by atoms with Gasteiger partial charge in [-0.05, 0) is 57.0 Å². The molecule has 260 valence electrons. The molecule has 8 rings (SSSR count). The Kier molecular flexibility index (Phi) is 14.1. The van der Waals surface area contributed by atoms with Gasteiger partial charge in [-0.3, -0.25) is 0 Å². The van der Waals surface area contributed by atoms with Gasteiger partial charge in [-0.1, -0.05) is 236 Å². The van der Waals surface area contributed by atoms with E-state index in [1.54, 1.807) is 0 Å². The van der Waals surface area contributed by atoms with Gasteiger partial charge in [0.25, 0.3) is 0 Å². The summed E-state index contributed by atoms with van der Waals surface area (Å²) in [5.74, 6) is 0. The zero-order chi connectivity index (χ0) is 34.2. The monoisotopic (exact) mass is 834 g/mol. The molecule has 2 aliphatic carbocycles. The van der Waals surface area contributed by atoms with Crippen molar-refractivity contribution in [3.05, 3.63) is 229 Å². The number of halogens is 2. The van der Waals surface area contributed by atoms with Crippen molar-refractivity contribution >= 4 is 79.4 Å². The van der Waals surface area contributed by atoms with Gasteiger partial charge in [0.2, 0.25) is 0 Å². The van der Waals surface area contributed by atoms with E-state index in [4.69, 9.17) is 23.2 Å². The first-order valence-electron chi connectivity index (χ1n) is 16.6. The summed E-state index contributed by atoms with van der Waals surface area (Å²) in [6.07, 6.45) is 12.9. The first kappa shape index (κ1) is 39.7. The Balaban J connectivity index is 0.000000194. The molecule has 2 aliphatic rings. The topological polar surface area (TPSA) is 0 Å². The molecule has 0 unspecified atom stereocenters. The molecule has 0 atom stereocenters. The first-order chi connectivity index (χ1) is 24.7. The zero-order valence-electron chi connectivity index (χ0n) is 28.1. The van der Waals surface area contributed by atoms with Crippen LogP contribution < -0.4 is 31.8 Å². The second-order valence-corrected chi connectivity index (χ2v) is 19.4. The third-order valence-corrected chi connectivity index (χ3v) is 18.6. The maximum Gasteiger partial charge on any atom is 2.00 e. The Morgan fingerprint density at radius 3 is 0.846 bits per heavy atom. The average Bonchev–Trinajstić information content (AvgIpc) is 3.86. The normalized spacial score (nSPS) is 13.3. The third-order valence-electron chi connectivity index (χ3n) is 9.08. The van der Waals surface area contributed by atoms with Crippen molar-refractivity contribution in [3.63, 3.8) is 0 Å². The van der Waals surface area contributed by atoms with E-state index in [0.29, 0.717) is 10.1 Å². The molecule has 0 spiro atoms. The van der Waals surface area contributed by atoms with Gasteiger partial charge in [0.05, 0.1) is 10.1 Å². The summed E-state index contributed by atoms with van der Waals surface area (Å²) < 4.78 is 0. The van der Waals surface area contributed by atoms with E-state index in [1.165, 1.54) is 37.1 Å². The van der Waals surface area contributed by atoms with Crippen molar-refractivity contribution < 1.29 is 33.6 Å². The molecule has 0 N–H and O–H groups in total. The number of hydrogen-bond acceptors (Lipinski definition) is 0. The molecule has 0 aliphatic heterocycles. The molecule has 0 saturated carbocycles. The summed E-state index contributed by atoms with van der Waals surface area (Å²) in [4.78, 5) is 0. The summed E-state index contributed by atoms with van der Waals surface area (Å²) in [6.45, 7) is -4.00. The second kappa shape index (κ2) is 18.5. The molecule has 0 amide bonds. The molecule has 52 heavy (non-hydrogen) atoms. The van der Waals surface area contributed by atoms with E-state index in [2.05, 4.69) is 194 Å². The number of hydrogen-bond donors (Lipinski definition) is 0. The summed E-state index contributed by atoms with van der Waals surface area (Å²) in [6, 6.07) is 64.8. The van der Waals surface area contributed by atoms with Crippen LogP contribution >= 0.6 is 37.0 Å². The minimum Gasteiger partial charge on any atom is -0.0827 e. The smallest absolute Gasteiger partial charge is 0.0827 e. The molecule has 6 aromatic rings. The molecular weight excluding hydrogens is 800 g/mol. The van der Waals surface area contributed by atoms with Gasteiger partial charge in [-0.15, -0.1) is 0 Å². The van der Waals surface area contributed by atoms with Crippen molar-refractivity contribution in [1.29, 1.82) is 0 Å². The van der Waals surface area contributed by atoms with Gasteiger partial charge in [-0.25, -0.2) is 0 Å². The fourth-order valence-corrected chi connectivity index (χ4v) is 16.2. The van der Waals surface area contributed by atoms with Crippen LogP contribution in [0, 0.1) is 0 Å². The quantitative estimate of drug-likeness (QED) is 0.116. The maximum atomic E-state index is 6.74. The van der Waals surface area contributed by atoms with E-state index in [0.717, 1.165) is 5.29 Å². The Morgan fingerprint density at radius 1 is 0.327 bits per heavy atom. The Hall–Kier alpha value is -3.53. The van der Waals surface area contributed by atoms with Crippen LogP contribution in [-0.4, -0.2) is 10.6 Å². The summed E-state index contributed by atoms with van der Waals surface area (Å²) >= 11 is 13.1. The molecule has 6 heteroatoms. The number of rotatable bonds is 6. The largest absolute Gasteiger partial charge is 2.00 e. The number of allylic oxidation sites excluding steroid dienone is 8. The summed E-state index contributed by atoms with van der Waals surface area (Å²) in [5, 5.41) is 11.8. The van der Waals surface area contributed by atoms with Crippen LogP contribution in [0.25, 0.3) is 0 Å². The maximum absolute atomic E-state index is 6.74. The van der Waals surface area contributed by atoms with Crippen molar-refractivity contribution in [3.8, 4) is 0 Å². The van der Waals surface area contributed by atoms with E-state index in [9.17, 15) is 0 Å². The van der Waals surface area contributed by atoms with E-state index < -0.39 is 13.8 Å². The van der Waals surface area contributed by atoms with Crippen LogP contribution in [0.2, 0.25) is 0 Å². The standard InChI is InChI=1S/C23H17Cl2P.C23H19P.Fe.Ni/c24-21-16-17-22(23(21)25)26(18-10-4-1-5-11-18,19-12-6-2-7-13-19)20-14-8-3-9-15-20;1-4-12-20(13-5-1)24(23-18-10-11-19-23,21-14-6-2-7-15-21)22-16-8-3-9-17-22;;/h1-17H;1-19H;;/q;;+2;. The minimum atomic E-state index is -2.14. The SMILES string of the molecule is C1=CC(=P(c2ccccc2)(c2ccccc2)c2ccccc2)C=C1.ClC1=C(Cl)C(=P(c2ccccc2)(c2ccccc2)c2ccccc2)C=C1.[Fe+2].[Ni]. The van der Waals surface area contributed by atoms with Crippen molar-refractivity contribution in [2.45, 2.75) is 0 Å². The van der Waals surface area contributed by atoms with Gasteiger partial charge in [-0.2, -0.15) is 0 Å². The minimum absolute atomic E-state index is 0. The van der Waals surface area contributed by atoms with Crippen LogP contribution in [-0.2, 0) is 33.6 Å².